The molecule has 5 heteroatoms. The maximum Gasteiger partial charge on any atom is 0.253 e. The Morgan fingerprint density at radius 1 is 1.00 bits per heavy atom. The Bertz CT molecular complexity index is 650. The third-order valence-corrected chi connectivity index (χ3v) is 5.51. The summed E-state index contributed by atoms with van der Waals surface area (Å²) in [5.74, 6) is 0.163. The Morgan fingerprint density at radius 2 is 1.75 bits per heavy atom. The van der Waals surface area contributed by atoms with Gasteiger partial charge in [0.2, 0.25) is 5.91 Å². The van der Waals surface area contributed by atoms with Crippen LogP contribution in [0.25, 0.3) is 0 Å². The monoisotopic (exact) mass is 327 g/mol. The van der Waals surface area contributed by atoms with Crippen molar-refractivity contribution in [2.45, 2.75) is 51.0 Å². The molecule has 0 saturated carbocycles. The summed E-state index contributed by atoms with van der Waals surface area (Å²) in [6.07, 6.45) is 7.74. The van der Waals surface area contributed by atoms with E-state index >= 15 is 0 Å². The van der Waals surface area contributed by atoms with E-state index in [1.807, 2.05) is 23.1 Å². The minimum atomic E-state index is -0.0431. The minimum absolute atomic E-state index is 0.0431. The van der Waals surface area contributed by atoms with E-state index in [0.717, 1.165) is 63.1 Å². The number of anilines is 2. The lowest BCUT2D eigenvalue weighted by molar-refractivity contribution is -0.118. The van der Waals surface area contributed by atoms with E-state index in [2.05, 4.69) is 10.2 Å². The first-order valence-electron chi connectivity index (χ1n) is 9.25. The van der Waals surface area contributed by atoms with Gasteiger partial charge in [0, 0.05) is 25.2 Å². The smallest absolute Gasteiger partial charge is 0.253 e. The van der Waals surface area contributed by atoms with Crippen LogP contribution in [0, 0.1) is 0 Å². The van der Waals surface area contributed by atoms with Gasteiger partial charge in [0.1, 0.15) is 6.04 Å². The standard InChI is InChI=1S/C19H25N3O2/c23-18-17-7-3-6-12-22(17)16-9-8-14(13-15(16)20-18)19(24)21-10-4-1-2-5-11-21/h8-9,13,17H,1-7,10-12H2,(H,20,23). The summed E-state index contributed by atoms with van der Waals surface area (Å²) in [7, 11) is 0. The maximum atomic E-state index is 12.8. The van der Waals surface area contributed by atoms with Crippen molar-refractivity contribution in [1.82, 2.24) is 4.90 Å². The fourth-order valence-corrected chi connectivity index (χ4v) is 4.18. The number of hydrogen-bond donors (Lipinski definition) is 1. The van der Waals surface area contributed by atoms with Crippen LogP contribution in [-0.2, 0) is 4.79 Å². The van der Waals surface area contributed by atoms with Crippen LogP contribution in [0.1, 0.15) is 55.3 Å². The molecule has 3 aliphatic rings. The lowest BCUT2D eigenvalue weighted by atomic mass is 9.96. The average Bonchev–Trinajstić information content (AvgIpc) is 2.90. The largest absolute Gasteiger partial charge is 0.358 e. The first-order valence-corrected chi connectivity index (χ1v) is 9.25. The zero-order valence-electron chi connectivity index (χ0n) is 14.1. The lowest BCUT2D eigenvalue weighted by Crippen LogP contribution is -2.50. The van der Waals surface area contributed by atoms with Crippen molar-refractivity contribution >= 4 is 23.2 Å². The number of carbonyl (C=O) groups excluding carboxylic acids is 2. The molecule has 128 valence electrons. The maximum absolute atomic E-state index is 12.8. The molecular formula is C19H25N3O2. The van der Waals surface area contributed by atoms with Crippen LogP contribution >= 0.6 is 0 Å². The molecule has 0 spiro atoms. The number of likely N-dealkylation sites (tertiary alicyclic amines) is 1. The van der Waals surface area contributed by atoms with Gasteiger partial charge >= 0.3 is 0 Å². The molecule has 1 aromatic carbocycles. The number of fused-ring (bicyclic) bond motifs is 3. The van der Waals surface area contributed by atoms with E-state index in [9.17, 15) is 9.59 Å². The number of benzene rings is 1. The fourth-order valence-electron chi connectivity index (χ4n) is 4.18. The van der Waals surface area contributed by atoms with Crippen molar-refractivity contribution in [3.63, 3.8) is 0 Å². The summed E-state index contributed by atoms with van der Waals surface area (Å²) in [5, 5.41) is 3.02. The van der Waals surface area contributed by atoms with E-state index in [1.54, 1.807) is 0 Å². The highest BCUT2D eigenvalue weighted by Gasteiger charge is 2.34. The molecule has 1 N–H and O–H groups in total. The Kier molecular flexibility index (Phi) is 4.17. The molecule has 2 fully saturated rings. The third-order valence-electron chi connectivity index (χ3n) is 5.51. The minimum Gasteiger partial charge on any atom is -0.358 e. The molecular weight excluding hydrogens is 302 g/mol. The van der Waals surface area contributed by atoms with E-state index < -0.39 is 0 Å². The Labute approximate surface area is 143 Å². The summed E-state index contributed by atoms with van der Waals surface area (Å²) >= 11 is 0. The van der Waals surface area contributed by atoms with Crippen LogP contribution in [0.4, 0.5) is 11.4 Å². The van der Waals surface area contributed by atoms with Crippen molar-refractivity contribution < 1.29 is 9.59 Å². The molecule has 2 amide bonds. The van der Waals surface area contributed by atoms with Gasteiger partial charge in [-0.3, -0.25) is 9.59 Å². The van der Waals surface area contributed by atoms with Crippen molar-refractivity contribution in [2.75, 3.05) is 29.9 Å². The quantitative estimate of drug-likeness (QED) is 0.862. The van der Waals surface area contributed by atoms with Gasteiger partial charge in [0.25, 0.3) is 5.91 Å². The predicted octanol–water partition coefficient (Wildman–Crippen LogP) is 3.01. The molecule has 1 atom stereocenters. The Morgan fingerprint density at radius 3 is 2.54 bits per heavy atom. The molecule has 2 saturated heterocycles. The molecule has 0 bridgehead atoms. The Hall–Kier alpha value is -2.04. The SMILES string of the molecule is O=C1Nc2cc(C(=O)N3CCCCCC3)ccc2N2CCCCC12. The number of nitrogens with zero attached hydrogens (tertiary/aromatic N) is 2. The van der Waals surface area contributed by atoms with Gasteiger partial charge in [-0.25, -0.2) is 0 Å². The van der Waals surface area contributed by atoms with E-state index in [4.69, 9.17) is 0 Å². The zero-order valence-corrected chi connectivity index (χ0v) is 14.1. The van der Waals surface area contributed by atoms with Gasteiger partial charge < -0.3 is 15.1 Å². The number of amides is 2. The van der Waals surface area contributed by atoms with Gasteiger partial charge in [-0.1, -0.05) is 12.8 Å². The van der Waals surface area contributed by atoms with Crippen molar-refractivity contribution in [3.05, 3.63) is 23.8 Å². The topological polar surface area (TPSA) is 52.7 Å². The highest BCUT2D eigenvalue weighted by atomic mass is 16.2. The third kappa shape index (κ3) is 2.76. The zero-order chi connectivity index (χ0) is 16.5. The van der Waals surface area contributed by atoms with Crippen LogP contribution in [0.2, 0.25) is 0 Å². The molecule has 3 aliphatic heterocycles. The van der Waals surface area contributed by atoms with E-state index in [1.165, 1.54) is 12.8 Å². The number of hydrogen-bond acceptors (Lipinski definition) is 3. The lowest BCUT2D eigenvalue weighted by Gasteiger charge is -2.41. The average molecular weight is 327 g/mol. The Balaban J connectivity index is 1.60. The summed E-state index contributed by atoms with van der Waals surface area (Å²) in [6, 6.07) is 5.76. The van der Waals surface area contributed by atoms with Gasteiger partial charge in [0.15, 0.2) is 0 Å². The van der Waals surface area contributed by atoms with Gasteiger partial charge in [-0.05, 0) is 50.3 Å². The summed E-state index contributed by atoms with van der Waals surface area (Å²) < 4.78 is 0. The number of piperidine rings is 1. The van der Waals surface area contributed by atoms with Crippen LogP contribution in [0.15, 0.2) is 18.2 Å². The first kappa shape index (κ1) is 15.5. The molecule has 3 heterocycles. The molecule has 0 aromatic heterocycles. The van der Waals surface area contributed by atoms with Gasteiger partial charge in [0.05, 0.1) is 11.4 Å². The van der Waals surface area contributed by atoms with E-state index in [0.29, 0.717) is 5.56 Å². The molecule has 1 aromatic rings. The second kappa shape index (κ2) is 6.46. The molecule has 0 aliphatic carbocycles. The normalized spacial score (nSPS) is 23.8. The molecule has 4 rings (SSSR count). The van der Waals surface area contributed by atoms with Crippen molar-refractivity contribution in [1.29, 1.82) is 0 Å². The van der Waals surface area contributed by atoms with Crippen molar-refractivity contribution in [2.24, 2.45) is 0 Å². The molecule has 24 heavy (non-hydrogen) atoms. The second-order valence-corrected chi connectivity index (χ2v) is 7.13. The van der Waals surface area contributed by atoms with Crippen LogP contribution in [0.5, 0.6) is 0 Å². The fraction of sp³-hybridized carbons (Fsp3) is 0.579. The highest BCUT2D eigenvalue weighted by Crippen LogP contribution is 2.36. The van der Waals surface area contributed by atoms with Crippen LogP contribution < -0.4 is 10.2 Å². The molecule has 0 radical (unpaired) electrons. The number of rotatable bonds is 1. The van der Waals surface area contributed by atoms with Crippen LogP contribution in [-0.4, -0.2) is 42.4 Å². The van der Waals surface area contributed by atoms with E-state index in [-0.39, 0.29) is 17.9 Å². The summed E-state index contributed by atoms with van der Waals surface area (Å²) in [6.45, 7) is 2.61. The highest BCUT2D eigenvalue weighted by molar-refractivity contribution is 6.05. The predicted molar refractivity (Wildman–Crippen MR) is 94.4 cm³/mol. The van der Waals surface area contributed by atoms with Crippen LogP contribution in [0.3, 0.4) is 0 Å². The summed E-state index contributed by atoms with van der Waals surface area (Å²) in [4.78, 5) is 29.3. The molecule has 1 unspecified atom stereocenters. The number of carbonyl (C=O) groups is 2. The molecule has 5 nitrogen and oxygen atoms in total. The number of nitrogens with one attached hydrogen (secondary N) is 1. The second-order valence-electron chi connectivity index (χ2n) is 7.13. The first-order chi connectivity index (χ1) is 11.7. The summed E-state index contributed by atoms with van der Waals surface area (Å²) in [5.41, 5.74) is 2.54. The van der Waals surface area contributed by atoms with Crippen molar-refractivity contribution in [3.8, 4) is 0 Å². The van der Waals surface area contributed by atoms with Gasteiger partial charge in [-0.15, -0.1) is 0 Å². The van der Waals surface area contributed by atoms with Gasteiger partial charge in [-0.2, -0.15) is 0 Å².